The van der Waals surface area contributed by atoms with E-state index in [1.165, 1.54) is 0 Å². The van der Waals surface area contributed by atoms with E-state index in [9.17, 15) is 0 Å². The molecule has 0 atom stereocenters. The fourth-order valence-electron chi connectivity index (χ4n) is 1.54. The second kappa shape index (κ2) is 9.92. The van der Waals surface area contributed by atoms with Crippen molar-refractivity contribution in [2.75, 3.05) is 0 Å². The molecule has 5 heteroatoms. The first-order chi connectivity index (χ1) is 8.17. The summed E-state index contributed by atoms with van der Waals surface area (Å²) < 4.78 is 17.6. The minimum absolute atomic E-state index is 0. The van der Waals surface area contributed by atoms with Crippen molar-refractivity contribution in [1.29, 1.82) is 0 Å². The Morgan fingerprint density at radius 2 is 1.00 bits per heavy atom. The van der Waals surface area contributed by atoms with Gasteiger partial charge in [0.1, 0.15) is 0 Å². The van der Waals surface area contributed by atoms with Crippen molar-refractivity contribution in [3.63, 3.8) is 0 Å². The van der Waals surface area contributed by atoms with E-state index in [1.54, 1.807) is 0 Å². The van der Waals surface area contributed by atoms with Crippen LogP contribution in [0.1, 0.15) is 55.4 Å². The molecule has 106 valence electrons. The van der Waals surface area contributed by atoms with Crippen molar-refractivity contribution in [3.05, 3.63) is 0 Å². The summed E-state index contributed by atoms with van der Waals surface area (Å²) in [6.07, 6.45) is 0.0110. The third-order valence-corrected chi connectivity index (χ3v) is 1.90. The van der Waals surface area contributed by atoms with Gasteiger partial charge < -0.3 is 14.0 Å². The predicted molar refractivity (Wildman–Crippen MR) is 77.0 cm³/mol. The van der Waals surface area contributed by atoms with Crippen LogP contribution in [-0.4, -0.2) is 25.1 Å². The van der Waals surface area contributed by atoms with Gasteiger partial charge in [-0.3, -0.25) is 0 Å². The molecular formula is C14H28BLiO3. The monoisotopic (exact) mass is 262 g/mol. The summed E-state index contributed by atoms with van der Waals surface area (Å²) >= 11 is 0. The van der Waals surface area contributed by atoms with Crippen LogP contribution in [-0.2, 0) is 14.0 Å². The summed E-state index contributed by atoms with van der Waals surface area (Å²) in [7, 11) is 0. The molecule has 0 unspecified atom stereocenters. The maximum absolute atomic E-state index is 5.85. The molecule has 0 aromatic rings. The minimum Gasteiger partial charge on any atom is -0.532 e. The largest absolute Gasteiger partial charge is 1.00 e. The zero-order chi connectivity index (χ0) is 14.3. The van der Waals surface area contributed by atoms with Gasteiger partial charge in [0.2, 0.25) is 0 Å². The first-order valence-corrected chi connectivity index (χ1v) is 6.86. The van der Waals surface area contributed by atoms with E-state index >= 15 is 0 Å². The van der Waals surface area contributed by atoms with E-state index in [4.69, 9.17) is 14.0 Å². The minimum atomic E-state index is -2.00. The van der Waals surface area contributed by atoms with Gasteiger partial charge in [-0.05, 0) is 41.5 Å². The van der Waals surface area contributed by atoms with Crippen LogP contribution in [0.4, 0.5) is 0 Å². The molecule has 0 radical (unpaired) electrons. The molecule has 0 spiro atoms. The molecule has 0 aliphatic heterocycles. The first-order valence-electron chi connectivity index (χ1n) is 6.86. The van der Waals surface area contributed by atoms with Gasteiger partial charge in [0.15, 0.2) is 0 Å². The maximum atomic E-state index is 5.85. The topological polar surface area (TPSA) is 27.7 Å². The Balaban J connectivity index is 0. The van der Waals surface area contributed by atoms with Gasteiger partial charge in [-0.2, -0.15) is 0 Å². The fraction of sp³-hybridized carbons (Fsp3) is 0.857. The molecule has 3 nitrogen and oxygen atoms in total. The zero-order valence-corrected chi connectivity index (χ0v) is 14.1. The Hall–Kier alpha value is 0.102. The van der Waals surface area contributed by atoms with E-state index in [0.29, 0.717) is 0 Å². The predicted octanol–water partition coefficient (Wildman–Crippen LogP) is 0.403. The van der Waals surface area contributed by atoms with E-state index < -0.39 is 6.75 Å². The van der Waals surface area contributed by atoms with Crippen molar-refractivity contribution in [3.8, 4) is 11.7 Å². The summed E-state index contributed by atoms with van der Waals surface area (Å²) in [5.41, 5.74) is 0. The summed E-state index contributed by atoms with van der Waals surface area (Å²) in [6, 6.07) is 0. The van der Waals surface area contributed by atoms with Crippen LogP contribution in [0.15, 0.2) is 0 Å². The molecule has 0 saturated carbocycles. The van der Waals surface area contributed by atoms with Crippen molar-refractivity contribution in [1.82, 2.24) is 0 Å². The molecule has 0 amide bonds. The molecule has 0 heterocycles. The summed E-state index contributed by atoms with van der Waals surface area (Å²) in [5.74, 6) is 6.44. The Bertz CT molecular complexity index is 266. The third-order valence-electron chi connectivity index (χ3n) is 1.90. The zero-order valence-electron chi connectivity index (χ0n) is 14.1. The van der Waals surface area contributed by atoms with Crippen LogP contribution >= 0.6 is 0 Å². The average molecular weight is 262 g/mol. The normalized spacial score (nSPS) is 11.8. The molecule has 0 aliphatic rings. The van der Waals surface area contributed by atoms with Crippen molar-refractivity contribution >= 4 is 6.75 Å². The molecule has 19 heavy (non-hydrogen) atoms. The third kappa shape index (κ3) is 10.5. The van der Waals surface area contributed by atoms with Gasteiger partial charge in [0.05, 0.1) is 0 Å². The van der Waals surface area contributed by atoms with Gasteiger partial charge in [0.25, 0.3) is 0 Å². The Kier molecular flexibility index (Phi) is 11.2. The van der Waals surface area contributed by atoms with Gasteiger partial charge in [-0.1, -0.05) is 13.8 Å². The number of hydrogen-bond acceptors (Lipinski definition) is 3. The quantitative estimate of drug-likeness (QED) is 0.512. The molecule has 0 rings (SSSR count). The van der Waals surface area contributed by atoms with E-state index in [0.717, 1.165) is 0 Å². The first kappa shape index (κ1) is 21.4. The molecule has 0 saturated heterocycles. The molecule has 0 aromatic carbocycles. The molecule has 0 aliphatic carbocycles. The molecule has 0 aromatic heterocycles. The Labute approximate surface area is 131 Å². The van der Waals surface area contributed by atoms with Gasteiger partial charge in [-0.15, -0.1) is 5.92 Å². The van der Waals surface area contributed by atoms with Crippen LogP contribution in [0.5, 0.6) is 0 Å². The second-order valence-corrected chi connectivity index (χ2v) is 5.64. The average Bonchev–Trinajstić information content (AvgIpc) is 2.11. The smallest absolute Gasteiger partial charge is 0.532 e. The van der Waals surface area contributed by atoms with Crippen LogP contribution < -0.4 is 18.9 Å². The molecule has 0 fully saturated rings. The maximum Gasteiger partial charge on any atom is 1.00 e. The number of rotatable bonds is 6. The number of hydrogen-bond donors (Lipinski definition) is 0. The van der Waals surface area contributed by atoms with Gasteiger partial charge in [0, 0.05) is 24.2 Å². The van der Waals surface area contributed by atoms with Crippen LogP contribution in [0.2, 0.25) is 0 Å². The summed E-state index contributed by atoms with van der Waals surface area (Å²) in [6.45, 7) is 13.8. The molecule has 0 bridgehead atoms. The summed E-state index contributed by atoms with van der Waals surface area (Å²) in [5, 5.41) is 0. The van der Waals surface area contributed by atoms with Crippen molar-refractivity contribution < 1.29 is 32.8 Å². The van der Waals surface area contributed by atoms with E-state index in [-0.39, 0.29) is 43.1 Å². The van der Waals surface area contributed by atoms with Crippen LogP contribution in [0, 0.1) is 17.7 Å². The standard InChI is InChI=1S/C14H28BO3.Li/c1-11(2)9-10-15(16-12(3)4,17-13(5)6)18-14(7)8;/h11-14H,1-8H3;/q-1;+1. The van der Waals surface area contributed by atoms with Gasteiger partial charge in [-0.25, -0.2) is 5.82 Å². The molecule has 0 N–H and O–H groups in total. The van der Waals surface area contributed by atoms with Crippen molar-refractivity contribution in [2.45, 2.75) is 73.7 Å². The van der Waals surface area contributed by atoms with Crippen LogP contribution in [0.3, 0.4) is 0 Å². The van der Waals surface area contributed by atoms with Gasteiger partial charge >= 0.3 is 25.6 Å². The Morgan fingerprint density at radius 1 is 0.684 bits per heavy atom. The Morgan fingerprint density at radius 3 is 1.21 bits per heavy atom. The van der Waals surface area contributed by atoms with Crippen LogP contribution in [0.25, 0.3) is 0 Å². The second-order valence-electron chi connectivity index (χ2n) is 5.64. The van der Waals surface area contributed by atoms with E-state index in [1.807, 2.05) is 55.4 Å². The van der Waals surface area contributed by atoms with E-state index in [2.05, 4.69) is 11.7 Å². The summed E-state index contributed by atoms with van der Waals surface area (Å²) in [4.78, 5) is 0. The van der Waals surface area contributed by atoms with Crippen molar-refractivity contribution in [2.24, 2.45) is 5.92 Å². The fourth-order valence-corrected chi connectivity index (χ4v) is 1.54. The SMILES string of the molecule is CC(C)C#C[B-](OC(C)C)(OC(C)C)OC(C)C.[Li+]. The molecular weight excluding hydrogens is 234 g/mol.